The van der Waals surface area contributed by atoms with E-state index in [-0.39, 0.29) is 17.0 Å². The van der Waals surface area contributed by atoms with Crippen LogP contribution in [0.4, 0.5) is 11.4 Å². The molecule has 0 fully saturated rings. The summed E-state index contributed by atoms with van der Waals surface area (Å²) in [6.07, 6.45) is 1.27. The van der Waals surface area contributed by atoms with Crippen LogP contribution in [0.25, 0.3) is 22.6 Å². The number of hydrogen-bond donors (Lipinski definition) is 0. The fourth-order valence-electron chi connectivity index (χ4n) is 3.09. The lowest BCUT2D eigenvalue weighted by atomic mass is 10.1. The first-order valence-corrected chi connectivity index (χ1v) is 9.70. The molecule has 0 N–H and O–H groups in total. The zero-order chi connectivity index (χ0) is 22.7. The van der Waals surface area contributed by atoms with Gasteiger partial charge in [-0.3, -0.25) is 15.1 Å². The monoisotopic (exact) mass is 432 g/mol. The van der Waals surface area contributed by atoms with Crippen molar-refractivity contribution in [3.05, 3.63) is 70.3 Å². The van der Waals surface area contributed by atoms with Gasteiger partial charge in [0.25, 0.3) is 5.69 Å². The minimum Gasteiger partial charge on any atom is -0.870 e. The first-order valence-electron chi connectivity index (χ1n) is 9.70. The molecule has 0 aliphatic carbocycles. The van der Waals surface area contributed by atoms with E-state index < -0.39 is 10.7 Å². The molecule has 9 nitrogen and oxygen atoms in total. The Balaban J connectivity index is 1.63. The Bertz CT molecular complexity index is 1310. The number of aromatic nitrogens is 1. The van der Waals surface area contributed by atoms with Gasteiger partial charge in [-0.25, -0.2) is 4.98 Å². The lowest BCUT2D eigenvalue weighted by Crippen LogP contribution is -2.02. The number of hydrogen-bond acceptors (Lipinski definition) is 8. The molecule has 0 atom stereocenters. The Labute approximate surface area is 182 Å². The van der Waals surface area contributed by atoms with Crippen LogP contribution in [0.2, 0.25) is 0 Å². The van der Waals surface area contributed by atoms with Crippen LogP contribution >= 0.6 is 0 Å². The van der Waals surface area contributed by atoms with Crippen LogP contribution in [-0.4, -0.2) is 29.8 Å². The number of ether oxygens (including phenoxy) is 2. The van der Waals surface area contributed by atoms with E-state index in [1.165, 1.54) is 13.3 Å². The predicted octanol–water partition coefficient (Wildman–Crippen LogP) is 4.63. The van der Waals surface area contributed by atoms with E-state index in [0.717, 1.165) is 23.4 Å². The summed E-state index contributed by atoms with van der Waals surface area (Å²) in [5, 5.41) is 23.5. The fraction of sp³-hybridized carbons (Fsp3) is 0.130. The molecule has 4 aromatic rings. The molecule has 0 bridgehead atoms. The van der Waals surface area contributed by atoms with Crippen LogP contribution in [-0.2, 0) is 0 Å². The van der Waals surface area contributed by atoms with Crippen LogP contribution in [0, 0.1) is 10.1 Å². The van der Waals surface area contributed by atoms with E-state index in [9.17, 15) is 15.2 Å². The van der Waals surface area contributed by atoms with Crippen molar-refractivity contribution in [2.24, 2.45) is 4.99 Å². The first kappa shape index (κ1) is 20.9. The Kier molecular flexibility index (Phi) is 5.71. The molecule has 9 heteroatoms. The zero-order valence-corrected chi connectivity index (χ0v) is 17.3. The quantitative estimate of drug-likeness (QED) is 0.237. The van der Waals surface area contributed by atoms with Crippen LogP contribution < -0.4 is 14.6 Å². The van der Waals surface area contributed by atoms with Gasteiger partial charge in [0, 0.05) is 17.8 Å². The number of rotatable bonds is 7. The van der Waals surface area contributed by atoms with Gasteiger partial charge in [-0.2, -0.15) is 0 Å². The molecule has 0 aliphatic heterocycles. The highest BCUT2D eigenvalue weighted by Crippen LogP contribution is 2.32. The van der Waals surface area contributed by atoms with Crippen molar-refractivity contribution in [3.63, 3.8) is 0 Å². The highest BCUT2D eigenvalue weighted by molar-refractivity contribution is 5.89. The minimum absolute atomic E-state index is 0.0476. The Morgan fingerprint density at radius 3 is 2.62 bits per heavy atom. The summed E-state index contributed by atoms with van der Waals surface area (Å²) in [4.78, 5) is 19.3. The lowest BCUT2D eigenvalue weighted by Gasteiger charge is -2.14. The van der Waals surface area contributed by atoms with Crippen LogP contribution in [0.5, 0.6) is 17.2 Å². The van der Waals surface area contributed by atoms with Crippen molar-refractivity contribution < 1.29 is 23.9 Å². The molecule has 0 amide bonds. The third-order valence-corrected chi connectivity index (χ3v) is 4.64. The van der Waals surface area contributed by atoms with Crippen molar-refractivity contribution in [3.8, 4) is 28.7 Å². The molecule has 1 aromatic heterocycles. The van der Waals surface area contributed by atoms with E-state index in [4.69, 9.17) is 13.9 Å². The maximum atomic E-state index is 12.4. The van der Waals surface area contributed by atoms with E-state index in [1.807, 2.05) is 31.2 Å². The Morgan fingerprint density at radius 2 is 1.94 bits per heavy atom. The molecule has 4 rings (SSSR count). The second kappa shape index (κ2) is 8.76. The van der Waals surface area contributed by atoms with Gasteiger partial charge in [-0.15, -0.1) is 0 Å². The molecule has 32 heavy (non-hydrogen) atoms. The van der Waals surface area contributed by atoms with E-state index >= 15 is 0 Å². The van der Waals surface area contributed by atoms with Crippen molar-refractivity contribution in [2.75, 3.05) is 13.7 Å². The molecule has 0 spiro atoms. The van der Waals surface area contributed by atoms with Crippen LogP contribution in [0.15, 0.2) is 64.0 Å². The van der Waals surface area contributed by atoms with E-state index in [0.29, 0.717) is 29.3 Å². The summed E-state index contributed by atoms with van der Waals surface area (Å²) < 4.78 is 16.2. The van der Waals surface area contributed by atoms with Crippen molar-refractivity contribution in [2.45, 2.75) is 6.92 Å². The molecular formula is C23H18N3O6-. The third-order valence-electron chi connectivity index (χ3n) is 4.64. The van der Waals surface area contributed by atoms with Crippen LogP contribution in [0.1, 0.15) is 12.5 Å². The largest absolute Gasteiger partial charge is 0.870 e. The summed E-state index contributed by atoms with van der Waals surface area (Å²) in [7, 11) is 1.28. The predicted molar refractivity (Wildman–Crippen MR) is 117 cm³/mol. The van der Waals surface area contributed by atoms with Gasteiger partial charge in [0.1, 0.15) is 17.0 Å². The molecule has 0 saturated heterocycles. The number of benzene rings is 3. The number of nitrogens with zero attached hydrogens (tertiary/aromatic N) is 3. The summed E-state index contributed by atoms with van der Waals surface area (Å²) >= 11 is 0. The molecule has 0 saturated carbocycles. The number of fused-ring (bicyclic) bond motifs is 1. The van der Waals surface area contributed by atoms with Gasteiger partial charge >= 0.3 is 0 Å². The van der Waals surface area contributed by atoms with E-state index in [2.05, 4.69) is 9.98 Å². The summed E-state index contributed by atoms with van der Waals surface area (Å²) in [6.45, 7) is 2.50. The molecular weight excluding hydrogens is 414 g/mol. The Hall–Kier alpha value is -4.40. The molecule has 3 aromatic carbocycles. The number of nitro benzene ring substituents is 1. The topological polar surface area (TPSA) is 123 Å². The van der Waals surface area contributed by atoms with Gasteiger partial charge in [0.05, 0.1) is 30.4 Å². The van der Waals surface area contributed by atoms with Crippen LogP contribution in [0.3, 0.4) is 0 Å². The normalized spacial score (nSPS) is 11.2. The van der Waals surface area contributed by atoms with Gasteiger partial charge in [-0.1, -0.05) is 5.75 Å². The first-order chi connectivity index (χ1) is 15.5. The summed E-state index contributed by atoms with van der Waals surface area (Å²) in [5.41, 5.74) is 2.27. The average Bonchev–Trinajstić information content (AvgIpc) is 3.22. The SMILES string of the molecule is CCOc1ccc(-c2nc3cc(N=Cc4cc([N+](=O)[O-])cc(OC)c4[O-])ccc3o2)cc1. The maximum Gasteiger partial charge on any atom is 0.273 e. The molecule has 1 heterocycles. The third kappa shape index (κ3) is 4.22. The van der Waals surface area contributed by atoms with Gasteiger partial charge < -0.3 is 19.0 Å². The van der Waals surface area contributed by atoms with Crippen molar-refractivity contribution in [1.29, 1.82) is 0 Å². The standard InChI is InChI=1S/C23H19N3O6/c1-3-31-18-7-4-14(5-8-18)23-25-19-11-16(6-9-20(19)32-23)24-13-15-10-17(26(28)29)12-21(30-2)22(15)27/h4-13,27H,3H2,1-2H3/p-1. The average molecular weight is 432 g/mol. The highest BCUT2D eigenvalue weighted by Gasteiger charge is 2.12. The van der Waals surface area contributed by atoms with Gasteiger partial charge in [0.15, 0.2) is 5.58 Å². The van der Waals surface area contributed by atoms with E-state index in [1.54, 1.807) is 18.2 Å². The molecule has 0 unspecified atom stereocenters. The fourth-order valence-corrected chi connectivity index (χ4v) is 3.09. The molecule has 0 aliphatic rings. The lowest BCUT2D eigenvalue weighted by molar-refractivity contribution is -0.385. The summed E-state index contributed by atoms with van der Waals surface area (Å²) in [5.74, 6) is 0.615. The second-order valence-corrected chi connectivity index (χ2v) is 6.71. The smallest absolute Gasteiger partial charge is 0.273 e. The second-order valence-electron chi connectivity index (χ2n) is 6.71. The Morgan fingerprint density at radius 1 is 1.16 bits per heavy atom. The van der Waals surface area contributed by atoms with Crippen molar-refractivity contribution >= 4 is 28.7 Å². The van der Waals surface area contributed by atoms with Gasteiger partial charge in [0.2, 0.25) is 5.89 Å². The number of aliphatic imine (C=N–C) groups is 1. The maximum absolute atomic E-state index is 12.4. The number of nitro groups is 1. The van der Waals surface area contributed by atoms with Crippen molar-refractivity contribution in [1.82, 2.24) is 4.98 Å². The highest BCUT2D eigenvalue weighted by atomic mass is 16.6. The number of non-ortho nitro benzene ring substituents is 1. The molecule has 0 radical (unpaired) electrons. The number of oxazole rings is 1. The molecule has 162 valence electrons. The zero-order valence-electron chi connectivity index (χ0n) is 17.3. The summed E-state index contributed by atoms with van der Waals surface area (Å²) in [6, 6.07) is 14.8. The number of methoxy groups -OCH3 is 1. The minimum atomic E-state index is -0.594. The van der Waals surface area contributed by atoms with Gasteiger partial charge in [-0.05, 0) is 55.0 Å².